The maximum absolute atomic E-state index is 8.86. The van der Waals surface area contributed by atoms with Crippen LogP contribution in [0.2, 0.25) is 0 Å². The predicted molar refractivity (Wildman–Crippen MR) is 54.9 cm³/mol. The smallest absolute Gasteiger partial charge is 0.108 e. The van der Waals surface area contributed by atoms with Gasteiger partial charge in [-0.25, -0.2) is 0 Å². The average Bonchev–Trinajstić information content (AvgIpc) is 2.16. The minimum absolute atomic E-state index is 0.0458. The monoisotopic (exact) mass is 197 g/mol. The molecule has 0 aromatic heterocycles. The van der Waals surface area contributed by atoms with Crippen molar-refractivity contribution in [2.24, 2.45) is 0 Å². The number of nitrogens with zero attached hydrogens (tertiary/aromatic N) is 2. The van der Waals surface area contributed by atoms with Crippen molar-refractivity contribution in [1.82, 2.24) is 10.2 Å². The van der Waals surface area contributed by atoms with Gasteiger partial charge in [0.25, 0.3) is 0 Å². The fourth-order valence-electron chi connectivity index (χ4n) is 1.65. The molecule has 0 radical (unpaired) electrons. The summed E-state index contributed by atoms with van der Waals surface area (Å²) < 4.78 is 5.42. The van der Waals surface area contributed by atoms with Crippen LogP contribution in [0.4, 0.5) is 0 Å². The first-order chi connectivity index (χ1) is 6.60. The summed E-state index contributed by atoms with van der Waals surface area (Å²) in [4.78, 5) is 2.31. The van der Waals surface area contributed by atoms with Gasteiger partial charge in [0.2, 0.25) is 0 Å². The average molecular weight is 197 g/mol. The molecule has 1 saturated heterocycles. The number of hydrogen-bond donors (Lipinski definition) is 1. The molecule has 14 heavy (non-hydrogen) atoms. The number of nitriles is 1. The Balaban J connectivity index is 2.53. The second-order valence-electron chi connectivity index (χ2n) is 4.28. The van der Waals surface area contributed by atoms with Crippen molar-refractivity contribution in [2.45, 2.75) is 25.4 Å². The van der Waals surface area contributed by atoms with Crippen molar-refractivity contribution in [1.29, 1.82) is 5.26 Å². The Hall–Kier alpha value is -0.630. The number of ether oxygens (including phenoxy) is 1. The summed E-state index contributed by atoms with van der Waals surface area (Å²) in [5, 5.41) is 11.8. The highest BCUT2D eigenvalue weighted by Crippen LogP contribution is 2.18. The number of hydrogen-bond acceptors (Lipinski definition) is 4. The second-order valence-corrected chi connectivity index (χ2v) is 4.28. The lowest BCUT2D eigenvalue weighted by atomic mass is 10.0. The number of rotatable bonds is 3. The Morgan fingerprint density at radius 2 is 2.36 bits per heavy atom. The van der Waals surface area contributed by atoms with E-state index in [0.29, 0.717) is 0 Å². The van der Waals surface area contributed by atoms with Gasteiger partial charge in [-0.15, -0.1) is 0 Å². The van der Waals surface area contributed by atoms with Gasteiger partial charge >= 0.3 is 0 Å². The van der Waals surface area contributed by atoms with Gasteiger partial charge in [-0.05, 0) is 20.9 Å². The standard InChI is InChI=1S/C10H19N3O/c1-10(2)8-14-5-4-13(10)7-9(6-11)12-3/h9,12H,4-5,7-8H2,1-3H3. The Morgan fingerprint density at radius 1 is 1.64 bits per heavy atom. The van der Waals surface area contributed by atoms with Gasteiger partial charge in [0, 0.05) is 18.6 Å². The lowest BCUT2D eigenvalue weighted by molar-refractivity contribution is -0.0521. The van der Waals surface area contributed by atoms with Crippen LogP contribution in [0, 0.1) is 11.3 Å². The van der Waals surface area contributed by atoms with Crippen molar-refractivity contribution in [3.05, 3.63) is 0 Å². The molecule has 0 aromatic carbocycles. The summed E-state index contributed by atoms with van der Waals surface area (Å²) in [7, 11) is 1.82. The molecule has 1 aliphatic heterocycles. The summed E-state index contributed by atoms with van der Waals surface area (Å²) in [6.45, 7) is 7.49. The third-order valence-corrected chi connectivity index (χ3v) is 2.72. The van der Waals surface area contributed by atoms with Gasteiger partial charge in [-0.1, -0.05) is 0 Å². The molecular weight excluding hydrogens is 178 g/mol. The fourth-order valence-corrected chi connectivity index (χ4v) is 1.65. The second kappa shape index (κ2) is 4.74. The molecule has 1 fully saturated rings. The summed E-state index contributed by atoms with van der Waals surface area (Å²) in [5.74, 6) is 0. The van der Waals surface area contributed by atoms with Crippen LogP contribution in [-0.2, 0) is 4.74 Å². The molecule has 1 unspecified atom stereocenters. The van der Waals surface area contributed by atoms with E-state index in [-0.39, 0.29) is 11.6 Å². The van der Waals surface area contributed by atoms with Gasteiger partial charge in [-0.3, -0.25) is 4.90 Å². The van der Waals surface area contributed by atoms with E-state index in [9.17, 15) is 0 Å². The van der Waals surface area contributed by atoms with Crippen LogP contribution in [0.5, 0.6) is 0 Å². The number of likely N-dealkylation sites (N-methyl/N-ethyl adjacent to an activating group) is 1. The van der Waals surface area contributed by atoms with E-state index in [1.807, 2.05) is 7.05 Å². The van der Waals surface area contributed by atoms with Crippen LogP contribution >= 0.6 is 0 Å². The van der Waals surface area contributed by atoms with Gasteiger partial charge in [0.05, 0.1) is 19.3 Å². The maximum atomic E-state index is 8.86. The van der Waals surface area contributed by atoms with Gasteiger partial charge < -0.3 is 10.1 Å². The first-order valence-electron chi connectivity index (χ1n) is 5.00. The van der Waals surface area contributed by atoms with Crippen LogP contribution < -0.4 is 5.32 Å². The highest BCUT2D eigenvalue weighted by Gasteiger charge is 2.31. The molecule has 1 heterocycles. The van der Waals surface area contributed by atoms with Crippen LogP contribution in [-0.4, -0.2) is 49.8 Å². The van der Waals surface area contributed by atoms with Gasteiger partial charge in [0.1, 0.15) is 6.04 Å². The molecule has 1 aliphatic rings. The summed E-state index contributed by atoms with van der Waals surface area (Å²) >= 11 is 0. The molecule has 0 aliphatic carbocycles. The molecule has 0 bridgehead atoms. The molecule has 1 rings (SSSR count). The predicted octanol–water partition coefficient (Wildman–Crippen LogP) is 0.209. The van der Waals surface area contributed by atoms with E-state index in [0.717, 1.165) is 26.3 Å². The zero-order valence-corrected chi connectivity index (χ0v) is 9.21. The molecular formula is C10H19N3O. The highest BCUT2D eigenvalue weighted by atomic mass is 16.5. The first kappa shape index (κ1) is 11.4. The zero-order chi connectivity index (χ0) is 10.6. The molecule has 0 amide bonds. The normalized spacial score (nSPS) is 24.1. The largest absolute Gasteiger partial charge is 0.378 e. The van der Waals surface area contributed by atoms with E-state index >= 15 is 0 Å². The van der Waals surface area contributed by atoms with Crippen molar-refractivity contribution in [3.63, 3.8) is 0 Å². The molecule has 1 atom stereocenters. The van der Waals surface area contributed by atoms with E-state index in [1.54, 1.807) is 0 Å². The number of nitrogens with one attached hydrogen (secondary N) is 1. The van der Waals surface area contributed by atoms with E-state index in [4.69, 9.17) is 10.00 Å². The molecule has 0 spiro atoms. The van der Waals surface area contributed by atoms with E-state index in [2.05, 4.69) is 30.1 Å². The first-order valence-corrected chi connectivity index (χ1v) is 5.00. The lowest BCUT2D eigenvalue weighted by Gasteiger charge is -2.42. The Bertz CT molecular complexity index is 222. The number of morpholine rings is 1. The third-order valence-electron chi connectivity index (χ3n) is 2.72. The van der Waals surface area contributed by atoms with Gasteiger partial charge in [-0.2, -0.15) is 5.26 Å². The molecule has 4 nitrogen and oxygen atoms in total. The topological polar surface area (TPSA) is 48.3 Å². The summed E-state index contributed by atoms with van der Waals surface area (Å²) in [6, 6.07) is 2.15. The summed E-state index contributed by atoms with van der Waals surface area (Å²) in [6.07, 6.45) is 0. The highest BCUT2D eigenvalue weighted by molar-refractivity contribution is 4.95. The minimum Gasteiger partial charge on any atom is -0.378 e. The molecule has 1 N–H and O–H groups in total. The van der Waals surface area contributed by atoms with E-state index < -0.39 is 0 Å². The zero-order valence-electron chi connectivity index (χ0n) is 9.21. The van der Waals surface area contributed by atoms with Crippen molar-refractivity contribution < 1.29 is 4.74 Å². The van der Waals surface area contributed by atoms with Crippen molar-refractivity contribution in [3.8, 4) is 6.07 Å². The van der Waals surface area contributed by atoms with Crippen molar-refractivity contribution >= 4 is 0 Å². The molecule has 0 saturated carbocycles. The minimum atomic E-state index is -0.0904. The van der Waals surface area contributed by atoms with Gasteiger partial charge in [0.15, 0.2) is 0 Å². The van der Waals surface area contributed by atoms with Crippen LogP contribution in [0.3, 0.4) is 0 Å². The van der Waals surface area contributed by atoms with Crippen LogP contribution in [0.15, 0.2) is 0 Å². The van der Waals surface area contributed by atoms with Crippen LogP contribution in [0.1, 0.15) is 13.8 Å². The summed E-state index contributed by atoms with van der Waals surface area (Å²) in [5.41, 5.74) is 0.0458. The Kier molecular flexibility index (Phi) is 3.87. The Morgan fingerprint density at radius 3 is 2.86 bits per heavy atom. The Labute approximate surface area is 85.8 Å². The molecule has 80 valence electrons. The molecule has 0 aromatic rings. The SMILES string of the molecule is CNC(C#N)CN1CCOCC1(C)C. The maximum Gasteiger partial charge on any atom is 0.108 e. The quantitative estimate of drug-likeness (QED) is 0.702. The van der Waals surface area contributed by atoms with Crippen LogP contribution in [0.25, 0.3) is 0 Å². The lowest BCUT2D eigenvalue weighted by Crippen LogP contribution is -2.56. The third kappa shape index (κ3) is 2.68. The molecule has 4 heteroatoms. The van der Waals surface area contributed by atoms with E-state index in [1.165, 1.54) is 0 Å². The fraction of sp³-hybridized carbons (Fsp3) is 0.900. The van der Waals surface area contributed by atoms with Crippen molar-refractivity contribution in [2.75, 3.05) is 33.4 Å².